The van der Waals surface area contributed by atoms with Crippen molar-refractivity contribution in [3.05, 3.63) is 47.3 Å². The number of para-hydroxylation sites is 2. The van der Waals surface area contributed by atoms with E-state index in [1.807, 2.05) is 30.3 Å². The third-order valence-corrected chi connectivity index (χ3v) is 3.28. The Morgan fingerprint density at radius 2 is 2.09 bits per heavy atom. The van der Waals surface area contributed by atoms with E-state index in [9.17, 15) is 10.1 Å². The van der Waals surface area contributed by atoms with Crippen molar-refractivity contribution in [2.45, 2.75) is 6.92 Å². The second-order valence-electron chi connectivity index (χ2n) is 4.71. The van der Waals surface area contributed by atoms with Crippen molar-refractivity contribution in [3.63, 3.8) is 0 Å². The van der Waals surface area contributed by atoms with E-state index in [-0.39, 0.29) is 17.0 Å². The van der Waals surface area contributed by atoms with E-state index in [0.717, 1.165) is 5.52 Å². The largest absolute Gasteiger partial charge is 0.465 e. The van der Waals surface area contributed by atoms with Gasteiger partial charge in [-0.3, -0.25) is 4.98 Å². The number of anilines is 2. The van der Waals surface area contributed by atoms with E-state index in [4.69, 9.17) is 4.42 Å². The average molecular weight is 308 g/mol. The summed E-state index contributed by atoms with van der Waals surface area (Å²) in [7, 11) is 1.25. The van der Waals surface area contributed by atoms with E-state index in [2.05, 4.69) is 20.0 Å². The lowest BCUT2D eigenvalue weighted by Crippen LogP contribution is -2.04. The highest BCUT2D eigenvalue weighted by Gasteiger charge is 2.24. The third-order valence-electron chi connectivity index (χ3n) is 3.28. The Labute approximate surface area is 131 Å². The van der Waals surface area contributed by atoms with E-state index in [1.165, 1.54) is 13.3 Å². The minimum absolute atomic E-state index is 0.0734. The standard InChI is InChI=1S/C16H12N4O3/c1-9-14(16(21)22-2)10(7-17)15(23-9)20-13-8-18-11-5-3-4-6-12(11)19-13/h3-6,8H,1-2H3,(H,19,20). The molecule has 2 aromatic heterocycles. The van der Waals surface area contributed by atoms with Crippen molar-refractivity contribution in [2.24, 2.45) is 0 Å². The summed E-state index contributed by atoms with van der Waals surface area (Å²) in [5.41, 5.74) is 1.63. The summed E-state index contributed by atoms with van der Waals surface area (Å²) in [5.74, 6) is 0.213. The summed E-state index contributed by atoms with van der Waals surface area (Å²) < 4.78 is 10.1. The summed E-state index contributed by atoms with van der Waals surface area (Å²) in [4.78, 5) is 20.4. The number of hydrogen-bond donors (Lipinski definition) is 1. The number of ether oxygens (including phenoxy) is 1. The van der Waals surface area contributed by atoms with Crippen LogP contribution in [0.2, 0.25) is 0 Å². The van der Waals surface area contributed by atoms with Crippen LogP contribution >= 0.6 is 0 Å². The van der Waals surface area contributed by atoms with Crippen LogP contribution in [0.4, 0.5) is 11.7 Å². The molecule has 0 atom stereocenters. The molecule has 0 saturated carbocycles. The first kappa shape index (κ1) is 14.5. The normalized spacial score (nSPS) is 10.3. The predicted molar refractivity (Wildman–Crippen MR) is 82.3 cm³/mol. The number of esters is 1. The van der Waals surface area contributed by atoms with Gasteiger partial charge >= 0.3 is 5.97 Å². The molecule has 0 spiro atoms. The first-order valence-corrected chi connectivity index (χ1v) is 6.74. The van der Waals surface area contributed by atoms with Gasteiger partial charge in [0.1, 0.15) is 23.0 Å². The van der Waals surface area contributed by atoms with Crippen molar-refractivity contribution >= 4 is 28.7 Å². The van der Waals surface area contributed by atoms with Crippen LogP contribution in [-0.2, 0) is 4.74 Å². The minimum Gasteiger partial charge on any atom is -0.465 e. The monoisotopic (exact) mass is 308 g/mol. The number of carbonyl (C=O) groups is 1. The summed E-state index contributed by atoms with van der Waals surface area (Å²) in [6, 6.07) is 9.35. The van der Waals surface area contributed by atoms with Gasteiger partial charge in [-0.1, -0.05) is 12.1 Å². The number of aryl methyl sites for hydroxylation is 1. The SMILES string of the molecule is COC(=O)c1c(C)oc(Nc2cnc3ccccc3n2)c1C#N. The number of rotatable bonds is 3. The Morgan fingerprint density at radius 3 is 2.78 bits per heavy atom. The molecule has 0 saturated heterocycles. The number of nitriles is 1. The van der Waals surface area contributed by atoms with Gasteiger partial charge in [0.05, 0.1) is 24.3 Å². The third kappa shape index (κ3) is 2.58. The highest BCUT2D eigenvalue weighted by atomic mass is 16.5. The molecule has 0 radical (unpaired) electrons. The van der Waals surface area contributed by atoms with Crippen molar-refractivity contribution in [2.75, 3.05) is 12.4 Å². The van der Waals surface area contributed by atoms with E-state index in [0.29, 0.717) is 17.1 Å². The Hall–Kier alpha value is -3.40. The van der Waals surface area contributed by atoms with Gasteiger partial charge in [-0.05, 0) is 19.1 Å². The maximum absolute atomic E-state index is 11.8. The van der Waals surface area contributed by atoms with Crippen LogP contribution in [0.3, 0.4) is 0 Å². The number of nitrogens with one attached hydrogen (secondary N) is 1. The number of benzene rings is 1. The minimum atomic E-state index is -0.625. The molecular formula is C16H12N4O3. The molecule has 23 heavy (non-hydrogen) atoms. The van der Waals surface area contributed by atoms with Crippen LogP contribution in [0.15, 0.2) is 34.9 Å². The second kappa shape index (κ2) is 5.77. The van der Waals surface area contributed by atoms with Gasteiger partial charge in [0, 0.05) is 0 Å². The first-order valence-electron chi connectivity index (χ1n) is 6.74. The lowest BCUT2D eigenvalue weighted by atomic mass is 10.1. The summed E-state index contributed by atoms with van der Waals surface area (Å²) in [6.07, 6.45) is 1.53. The van der Waals surface area contributed by atoms with Crippen LogP contribution in [-0.4, -0.2) is 23.0 Å². The van der Waals surface area contributed by atoms with Gasteiger partial charge in [0.25, 0.3) is 0 Å². The number of aromatic nitrogens is 2. The quantitative estimate of drug-likeness (QED) is 0.742. The lowest BCUT2D eigenvalue weighted by Gasteiger charge is -2.03. The Balaban J connectivity index is 2.02. The lowest BCUT2D eigenvalue weighted by molar-refractivity contribution is 0.0598. The number of furan rings is 1. The van der Waals surface area contributed by atoms with Crippen molar-refractivity contribution in [1.82, 2.24) is 9.97 Å². The maximum atomic E-state index is 11.8. The summed E-state index contributed by atoms with van der Waals surface area (Å²) in [5, 5.41) is 12.2. The van der Waals surface area contributed by atoms with Crippen LogP contribution < -0.4 is 5.32 Å². The molecule has 0 amide bonds. The smallest absolute Gasteiger partial charge is 0.342 e. The number of carbonyl (C=O) groups excluding carboxylic acids is 1. The molecule has 0 aliphatic carbocycles. The average Bonchev–Trinajstić information content (AvgIpc) is 2.89. The van der Waals surface area contributed by atoms with E-state index in [1.54, 1.807) is 6.92 Å². The van der Waals surface area contributed by atoms with E-state index < -0.39 is 5.97 Å². The molecule has 0 bridgehead atoms. The fourth-order valence-electron chi connectivity index (χ4n) is 2.22. The van der Waals surface area contributed by atoms with Crippen molar-refractivity contribution < 1.29 is 13.9 Å². The molecule has 3 rings (SSSR count). The highest BCUT2D eigenvalue weighted by molar-refractivity contribution is 5.95. The molecule has 3 aromatic rings. The summed E-state index contributed by atoms with van der Waals surface area (Å²) in [6.45, 7) is 1.59. The zero-order valence-electron chi connectivity index (χ0n) is 12.5. The zero-order chi connectivity index (χ0) is 16.4. The van der Waals surface area contributed by atoms with Crippen LogP contribution in [0.5, 0.6) is 0 Å². The van der Waals surface area contributed by atoms with Gasteiger partial charge in [0.15, 0.2) is 5.82 Å². The van der Waals surface area contributed by atoms with Gasteiger partial charge < -0.3 is 14.5 Å². The molecule has 0 aliphatic heterocycles. The molecular weight excluding hydrogens is 296 g/mol. The van der Waals surface area contributed by atoms with Crippen molar-refractivity contribution in [1.29, 1.82) is 5.26 Å². The maximum Gasteiger partial charge on any atom is 0.342 e. The van der Waals surface area contributed by atoms with Crippen LogP contribution in [0.1, 0.15) is 21.7 Å². The first-order chi connectivity index (χ1) is 11.1. The van der Waals surface area contributed by atoms with Gasteiger partial charge in [-0.15, -0.1) is 0 Å². The number of nitrogens with zero attached hydrogens (tertiary/aromatic N) is 3. The zero-order valence-corrected chi connectivity index (χ0v) is 12.5. The summed E-state index contributed by atoms with van der Waals surface area (Å²) >= 11 is 0. The Morgan fingerprint density at radius 1 is 1.35 bits per heavy atom. The topological polar surface area (TPSA) is 101 Å². The Kier molecular flexibility index (Phi) is 3.65. The second-order valence-corrected chi connectivity index (χ2v) is 4.71. The molecule has 114 valence electrons. The number of hydrogen-bond acceptors (Lipinski definition) is 7. The molecule has 0 fully saturated rings. The molecule has 1 aromatic carbocycles. The molecule has 2 heterocycles. The van der Waals surface area contributed by atoms with Crippen molar-refractivity contribution in [3.8, 4) is 6.07 Å². The van der Waals surface area contributed by atoms with E-state index >= 15 is 0 Å². The number of fused-ring (bicyclic) bond motifs is 1. The highest BCUT2D eigenvalue weighted by Crippen LogP contribution is 2.29. The molecule has 7 heteroatoms. The fraction of sp³-hybridized carbons (Fsp3) is 0.125. The Bertz CT molecular complexity index is 940. The predicted octanol–water partition coefficient (Wildman–Crippen LogP) is 2.93. The number of methoxy groups -OCH3 is 1. The van der Waals surface area contributed by atoms with Gasteiger partial charge in [-0.25, -0.2) is 9.78 Å². The van der Waals surface area contributed by atoms with Gasteiger partial charge in [0.2, 0.25) is 5.88 Å². The van der Waals surface area contributed by atoms with Gasteiger partial charge in [-0.2, -0.15) is 5.26 Å². The molecule has 1 N–H and O–H groups in total. The van der Waals surface area contributed by atoms with Crippen LogP contribution in [0.25, 0.3) is 11.0 Å². The molecule has 0 aliphatic rings. The van der Waals surface area contributed by atoms with Crippen LogP contribution in [0, 0.1) is 18.3 Å². The molecule has 0 unspecified atom stereocenters. The molecule has 7 nitrogen and oxygen atoms in total. The fourth-order valence-corrected chi connectivity index (χ4v) is 2.22.